The van der Waals surface area contributed by atoms with Crippen molar-refractivity contribution in [3.05, 3.63) is 81.8 Å². The highest BCUT2D eigenvalue weighted by Crippen LogP contribution is 2.34. The minimum atomic E-state index is -0.438. The van der Waals surface area contributed by atoms with Gasteiger partial charge in [-0.05, 0) is 29.1 Å². The second-order valence-corrected chi connectivity index (χ2v) is 6.34. The molecular formula is C19H12BrNO3. The van der Waals surface area contributed by atoms with Gasteiger partial charge in [0, 0.05) is 9.86 Å². The number of benzene rings is 3. The maximum absolute atomic E-state index is 12.7. The lowest BCUT2D eigenvalue weighted by molar-refractivity contribution is -0.104. The van der Waals surface area contributed by atoms with Crippen molar-refractivity contribution >= 4 is 38.5 Å². The molecule has 0 bridgehead atoms. The Hall–Kier alpha value is -2.50. The predicted molar refractivity (Wildman–Crippen MR) is 93.4 cm³/mol. The maximum atomic E-state index is 12.7. The summed E-state index contributed by atoms with van der Waals surface area (Å²) < 4.78 is 0.849. The summed E-state index contributed by atoms with van der Waals surface area (Å²) in [5, 5.41) is 2.37. The van der Waals surface area contributed by atoms with Gasteiger partial charge in [0.25, 0.3) is 11.8 Å². The van der Waals surface area contributed by atoms with E-state index in [9.17, 15) is 9.59 Å². The molecule has 2 amide bonds. The Balaban J connectivity index is 1.74. The van der Waals surface area contributed by atoms with Gasteiger partial charge >= 0.3 is 0 Å². The second-order valence-electron chi connectivity index (χ2n) is 5.49. The summed E-state index contributed by atoms with van der Waals surface area (Å²) in [7, 11) is 0. The van der Waals surface area contributed by atoms with E-state index in [0.717, 1.165) is 20.5 Å². The SMILES string of the molecule is O=C1c2cccc3c(Br)ccc(c23)C(=O)N1OCc1ccccc1. The molecule has 1 aliphatic heterocycles. The molecule has 0 aromatic heterocycles. The van der Waals surface area contributed by atoms with Crippen molar-refractivity contribution in [2.75, 3.05) is 0 Å². The fourth-order valence-electron chi connectivity index (χ4n) is 2.87. The minimum absolute atomic E-state index is 0.153. The zero-order valence-electron chi connectivity index (χ0n) is 12.5. The monoisotopic (exact) mass is 381 g/mol. The molecule has 0 spiro atoms. The van der Waals surface area contributed by atoms with Gasteiger partial charge in [-0.25, -0.2) is 0 Å². The normalized spacial score (nSPS) is 13.6. The van der Waals surface area contributed by atoms with Crippen LogP contribution in [0.25, 0.3) is 10.8 Å². The van der Waals surface area contributed by atoms with Gasteiger partial charge in [-0.1, -0.05) is 58.4 Å². The van der Waals surface area contributed by atoms with E-state index in [1.807, 2.05) is 42.5 Å². The van der Waals surface area contributed by atoms with E-state index in [4.69, 9.17) is 4.84 Å². The van der Waals surface area contributed by atoms with Crippen LogP contribution in [-0.2, 0) is 11.4 Å². The van der Waals surface area contributed by atoms with Crippen LogP contribution in [0.4, 0.5) is 0 Å². The summed E-state index contributed by atoms with van der Waals surface area (Å²) >= 11 is 3.47. The first-order valence-electron chi connectivity index (χ1n) is 7.43. The highest BCUT2D eigenvalue weighted by molar-refractivity contribution is 9.10. The molecule has 1 heterocycles. The molecule has 0 aliphatic carbocycles. The van der Waals surface area contributed by atoms with Gasteiger partial charge in [-0.3, -0.25) is 14.4 Å². The molecule has 5 heteroatoms. The summed E-state index contributed by atoms with van der Waals surface area (Å²) in [5.41, 5.74) is 1.82. The Kier molecular flexibility index (Phi) is 3.67. The summed E-state index contributed by atoms with van der Waals surface area (Å²) in [5.74, 6) is -0.876. The molecule has 118 valence electrons. The van der Waals surface area contributed by atoms with Crippen molar-refractivity contribution < 1.29 is 14.4 Å². The first-order chi connectivity index (χ1) is 11.7. The first-order valence-corrected chi connectivity index (χ1v) is 8.23. The van der Waals surface area contributed by atoms with Crippen molar-refractivity contribution in [1.82, 2.24) is 5.06 Å². The second kappa shape index (κ2) is 5.85. The molecule has 1 aliphatic rings. The lowest BCUT2D eigenvalue weighted by atomic mass is 9.95. The van der Waals surface area contributed by atoms with Gasteiger partial charge in [0.05, 0.1) is 11.1 Å². The zero-order valence-corrected chi connectivity index (χ0v) is 14.1. The Morgan fingerprint density at radius 1 is 0.833 bits per heavy atom. The lowest BCUT2D eigenvalue weighted by Crippen LogP contribution is -2.40. The molecule has 24 heavy (non-hydrogen) atoms. The molecule has 3 aromatic carbocycles. The van der Waals surface area contributed by atoms with E-state index in [-0.39, 0.29) is 6.61 Å². The number of imide groups is 1. The number of rotatable bonds is 3. The molecule has 0 N–H and O–H groups in total. The van der Waals surface area contributed by atoms with Crippen molar-refractivity contribution in [1.29, 1.82) is 0 Å². The predicted octanol–water partition coefficient (Wildman–Crippen LogP) is 4.33. The molecular weight excluding hydrogens is 370 g/mol. The van der Waals surface area contributed by atoms with Gasteiger partial charge in [-0.15, -0.1) is 5.06 Å². The summed E-state index contributed by atoms with van der Waals surface area (Å²) in [4.78, 5) is 31.0. The first kappa shape index (κ1) is 15.1. The molecule has 0 radical (unpaired) electrons. The van der Waals surface area contributed by atoms with Crippen LogP contribution < -0.4 is 0 Å². The topological polar surface area (TPSA) is 46.6 Å². The molecule has 0 fully saturated rings. The van der Waals surface area contributed by atoms with E-state index in [2.05, 4.69) is 15.9 Å². The average molecular weight is 382 g/mol. The van der Waals surface area contributed by atoms with E-state index in [1.54, 1.807) is 18.2 Å². The molecule has 0 saturated carbocycles. The summed E-state index contributed by atoms with van der Waals surface area (Å²) in [6, 6.07) is 18.3. The lowest BCUT2D eigenvalue weighted by Gasteiger charge is -2.26. The minimum Gasteiger partial charge on any atom is -0.266 e. The highest BCUT2D eigenvalue weighted by Gasteiger charge is 2.34. The van der Waals surface area contributed by atoms with E-state index >= 15 is 0 Å². The van der Waals surface area contributed by atoms with Crippen LogP contribution in [0, 0.1) is 0 Å². The summed E-state index contributed by atoms with van der Waals surface area (Å²) in [6.45, 7) is 0.153. The van der Waals surface area contributed by atoms with Gasteiger partial charge in [0.2, 0.25) is 0 Å². The molecule has 0 unspecified atom stereocenters. The Bertz CT molecular complexity index is 947. The van der Waals surface area contributed by atoms with Crippen molar-refractivity contribution in [2.24, 2.45) is 0 Å². The maximum Gasteiger partial charge on any atom is 0.285 e. The highest BCUT2D eigenvalue weighted by atomic mass is 79.9. The van der Waals surface area contributed by atoms with E-state index in [1.165, 1.54) is 0 Å². The molecule has 4 rings (SSSR count). The Morgan fingerprint density at radius 2 is 1.54 bits per heavy atom. The standard InChI is InChI=1S/C19H12BrNO3/c20-16-10-9-15-17-13(16)7-4-8-14(17)18(22)21(19(15)23)24-11-12-5-2-1-3-6-12/h1-10H,11H2. The Labute approximate surface area is 146 Å². The van der Waals surface area contributed by atoms with Crippen molar-refractivity contribution in [3.63, 3.8) is 0 Å². The Morgan fingerprint density at radius 3 is 2.29 bits per heavy atom. The molecule has 0 saturated heterocycles. The quantitative estimate of drug-likeness (QED) is 0.634. The number of carbonyl (C=O) groups is 2. The fraction of sp³-hybridized carbons (Fsp3) is 0.0526. The number of hydrogen-bond donors (Lipinski definition) is 0. The number of amides is 2. The van der Waals surface area contributed by atoms with Crippen LogP contribution in [0.15, 0.2) is 65.1 Å². The van der Waals surface area contributed by atoms with Crippen molar-refractivity contribution in [2.45, 2.75) is 6.61 Å². The molecule has 4 nitrogen and oxygen atoms in total. The number of hydrogen-bond acceptors (Lipinski definition) is 3. The third-order valence-electron chi connectivity index (χ3n) is 4.02. The number of carbonyl (C=O) groups excluding carboxylic acids is 2. The third kappa shape index (κ3) is 2.33. The summed E-state index contributed by atoms with van der Waals surface area (Å²) in [6.07, 6.45) is 0. The van der Waals surface area contributed by atoms with Gasteiger partial charge in [0.1, 0.15) is 6.61 Å². The molecule has 0 atom stereocenters. The van der Waals surface area contributed by atoms with Crippen LogP contribution in [0.5, 0.6) is 0 Å². The van der Waals surface area contributed by atoms with E-state index < -0.39 is 11.8 Å². The van der Waals surface area contributed by atoms with Crippen LogP contribution in [-0.4, -0.2) is 16.9 Å². The van der Waals surface area contributed by atoms with Crippen LogP contribution in [0.1, 0.15) is 26.3 Å². The van der Waals surface area contributed by atoms with Gasteiger partial charge in [0.15, 0.2) is 0 Å². The zero-order chi connectivity index (χ0) is 16.7. The van der Waals surface area contributed by atoms with Crippen LogP contribution in [0.3, 0.4) is 0 Å². The largest absolute Gasteiger partial charge is 0.285 e. The number of halogens is 1. The molecule has 3 aromatic rings. The van der Waals surface area contributed by atoms with E-state index in [0.29, 0.717) is 16.5 Å². The smallest absolute Gasteiger partial charge is 0.266 e. The average Bonchev–Trinajstić information content (AvgIpc) is 2.61. The van der Waals surface area contributed by atoms with Gasteiger partial charge in [-0.2, -0.15) is 0 Å². The van der Waals surface area contributed by atoms with Crippen LogP contribution >= 0.6 is 15.9 Å². The van der Waals surface area contributed by atoms with Gasteiger partial charge < -0.3 is 0 Å². The fourth-order valence-corrected chi connectivity index (χ4v) is 3.33. The van der Waals surface area contributed by atoms with Crippen LogP contribution in [0.2, 0.25) is 0 Å². The van der Waals surface area contributed by atoms with Crippen molar-refractivity contribution in [3.8, 4) is 0 Å². The number of nitrogens with zero attached hydrogens (tertiary/aromatic N) is 1. The number of hydroxylamine groups is 2. The third-order valence-corrected chi connectivity index (χ3v) is 4.71.